The number of hydrogen-bond donors (Lipinski definition) is 0. The van der Waals surface area contributed by atoms with Crippen LogP contribution >= 0.6 is 19.6 Å². The third-order valence-electron chi connectivity index (χ3n) is 5.71. The normalized spacial score (nSPS) is 15.0. The van der Waals surface area contributed by atoms with Gasteiger partial charge < -0.3 is 23.2 Å². The Kier molecular flexibility index (Phi) is 21.9. The maximum Gasteiger partial charge on any atom is 0.268 e. The van der Waals surface area contributed by atoms with Gasteiger partial charge in [0, 0.05) is 12.9 Å². The number of nitrogens with zero attached hydrogens (tertiary/aromatic N) is 1. The minimum Gasteiger partial charge on any atom is -0.756 e. The van der Waals surface area contributed by atoms with Crippen molar-refractivity contribution < 1.29 is 27.7 Å². The number of likely N-dealkylation sites (N-methyl/N-ethyl adjacent to an activating group) is 1. The van der Waals surface area contributed by atoms with E-state index in [9.17, 15) is 9.46 Å². The zero-order chi connectivity index (χ0) is 24.8. The molecule has 0 saturated heterocycles. The van der Waals surface area contributed by atoms with Crippen LogP contribution < -0.4 is 4.89 Å². The van der Waals surface area contributed by atoms with Crippen molar-refractivity contribution in [3.63, 3.8) is 0 Å². The van der Waals surface area contributed by atoms with Crippen molar-refractivity contribution >= 4 is 19.6 Å². The van der Waals surface area contributed by atoms with Crippen LogP contribution in [0.2, 0.25) is 0 Å². The van der Waals surface area contributed by atoms with Gasteiger partial charge >= 0.3 is 0 Å². The maximum atomic E-state index is 11.9. The van der Waals surface area contributed by atoms with Crippen LogP contribution in [0.5, 0.6) is 0 Å². The molecule has 0 N–H and O–H groups in total. The van der Waals surface area contributed by atoms with Gasteiger partial charge in [0.15, 0.2) is 0 Å². The highest BCUT2D eigenvalue weighted by Crippen LogP contribution is 2.38. The molecule has 0 bridgehead atoms. The first-order valence-electron chi connectivity index (χ1n) is 13.2. The lowest BCUT2D eigenvalue weighted by Gasteiger charge is -2.28. The summed E-state index contributed by atoms with van der Waals surface area (Å²) in [6, 6.07) is 0. The molecule has 200 valence electrons. The van der Waals surface area contributed by atoms with Crippen molar-refractivity contribution in [2.45, 2.75) is 103 Å². The summed E-state index contributed by atoms with van der Waals surface area (Å²) in [6.45, 7) is 3.00. The Bertz CT molecular complexity index is 476. The largest absolute Gasteiger partial charge is 0.756 e. The minimum atomic E-state index is -4.27. The zero-order valence-corrected chi connectivity index (χ0v) is 24.1. The lowest BCUT2D eigenvalue weighted by molar-refractivity contribution is -0.870. The Morgan fingerprint density at radius 1 is 0.818 bits per heavy atom. The number of phosphoric acid groups is 1. The second-order valence-electron chi connectivity index (χ2n) is 10.1. The zero-order valence-electron chi connectivity index (χ0n) is 22.4. The molecule has 0 spiro atoms. The second-order valence-corrected chi connectivity index (χ2v) is 12.7. The Morgan fingerprint density at radius 3 is 1.76 bits per heavy atom. The number of thioether (sulfide) groups is 1. The van der Waals surface area contributed by atoms with Crippen molar-refractivity contribution in [1.29, 1.82) is 0 Å². The van der Waals surface area contributed by atoms with Gasteiger partial charge in [-0.3, -0.25) is 4.57 Å². The van der Waals surface area contributed by atoms with Gasteiger partial charge in [0.1, 0.15) is 13.2 Å². The predicted octanol–water partition coefficient (Wildman–Crippen LogP) is 6.42. The van der Waals surface area contributed by atoms with E-state index < -0.39 is 7.82 Å². The van der Waals surface area contributed by atoms with Crippen LogP contribution in [0.15, 0.2) is 0 Å². The van der Waals surface area contributed by atoms with E-state index in [-0.39, 0.29) is 19.3 Å². The molecular formula is C25H54NO5PS. The Balaban J connectivity index is 3.53. The number of ether oxygens (including phenoxy) is 1. The van der Waals surface area contributed by atoms with E-state index in [1.54, 1.807) is 18.9 Å². The Morgan fingerprint density at radius 2 is 1.30 bits per heavy atom. The van der Waals surface area contributed by atoms with Gasteiger partial charge in [0.25, 0.3) is 7.82 Å². The molecule has 0 aromatic heterocycles. The molecule has 0 aliphatic carbocycles. The number of hydrogen-bond acceptors (Lipinski definition) is 6. The van der Waals surface area contributed by atoms with E-state index in [1.165, 1.54) is 89.9 Å². The summed E-state index contributed by atoms with van der Waals surface area (Å²) in [5.41, 5.74) is 0. The third-order valence-corrected chi connectivity index (χ3v) is 7.86. The predicted molar refractivity (Wildman–Crippen MR) is 141 cm³/mol. The highest BCUT2D eigenvalue weighted by molar-refractivity contribution is 7.99. The molecule has 0 rings (SSSR count). The number of rotatable bonds is 25. The van der Waals surface area contributed by atoms with Gasteiger partial charge in [-0.25, -0.2) is 0 Å². The smallest absolute Gasteiger partial charge is 0.268 e. The van der Waals surface area contributed by atoms with E-state index >= 15 is 0 Å². The summed E-state index contributed by atoms with van der Waals surface area (Å²) < 4.78 is 27.8. The topological polar surface area (TPSA) is 67.8 Å². The van der Waals surface area contributed by atoms with Crippen LogP contribution in [0.4, 0.5) is 0 Å². The molecular weight excluding hydrogens is 457 g/mol. The molecule has 0 aromatic rings. The van der Waals surface area contributed by atoms with Crippen molar-refractivity contribution in [2.24, 2.45) is 0 Å². The highest BCUT2D eigenvalue weighted by atomic mass is 32.2. The molecule has 8 heteroatoms. The molecule has 2 atom stereocenters. The molecule has 0 fully saturated rings. The number of methoxy groups -OCH3 is 1. The fourth-order valence-corrected chi connectivity index (χ4v) is 5.23. The van der Waals surface area contributed by atoms with Gasteiger partial charge in [0.2, 0.25) is 0 Å². The average Bonchev–Trinajstić information content (AvgIpc) is 2.74. The van der Waals surface area contributed by atoms with E-state index in [4.69, 9.17) is 13.8 Å². The second kappa shape index (κ2) is 21.6. The summed E-state index contributed by atoms with van der Waals surface area (Å²) >= 11 is 1.80. The minimum absolute atomic E-state index is 0.00733. The standard InChI is InChI=1S/C25H54NO5PS/c1-6-7-8-9-10-11-12-13-14-15-16-17-18-19-22-33-24-25(29-5)23-31-32(27,28)30-21-20-26(2,3)4/h25H,6-24H2,1-5H3/t25-/m1/s1. The van der Waals surface area contributed by atoms with E-state index in [2.05, 4.69) is 6.92 Å². The lowest BCUT2D eigenvalue weighted by atomic mass is 10.0. The maximum absolute atomic E-state index is 11.9. The van der Waals surface area contributed by atoms with Crippen LogP contribution in [0.1, 0.15) is 96.8 Å². The van der Waals surface area contributed by atoms with Crippen molar-refractivity contribution in [3.8, 4) is 0 Å². The Hall–Kier alpha value is 0.380. The summed E-state index contributed by atoms with van der Waals surface area (Å²) in [5.74, 6) is 1.81. The molecule has 0 aliphatic rings. The summed E-state index contributed by atoms with van der Waals surface area (Å²) in [6.07, 6.45) is 18.9. The quantitative estimate of drug-likeness (QED) is 0.0800. The third kappa shape index (κ3) is 25.3. The van der Waals surface area contributed by atoms with Crippen molar-refractivity contribution in [3.05, 3.63) is 0 Å². The molecule has 0 aromatic carbocycles. The monoisotopic (exact) mass is 511 g/mol. The lowest BCUT2D eigenvalue weighted by Crippen LogP contribution is -2.37. The molecule has 33 heavy (non-hydrogen) atoms. The molecule has 0 radical (unpaired) electrons. The molecule has 0 heterocycles. The van der Waals surface area contributed by atoms with Crippen LogP contribution in [0.25, 0.3) is 0 Å². The molecule has 0 amide bonds. The van der Waals surface area contributed by atoms with Crippen LogP contribution in [-0.2, 0) is 18.3 Å². The van der Waals surface area contributed by atoms with Gasteiger partial charge in [-0.05, 0) is 12.2 Å². The number of phosphoric ester groups is 1. The fourth-order valence-electron chi connectivity index (χ4n) is 3.44. The first kappa shape index (κ1) is 33.4. The molecule has 1 unspecified atom stereocenters. The highest BCUT2D eigenvalue weighted by Gasteiger charge is 2.16. The van der Waals surface area contributed by atoms with E-state index in [1.807, 2.05) is 21.1 Å². The Labute approximate surface area is 209 Å². The van der Waals surface area contributed by atoms with Gasteiger partial charge in [0.05, 0.1) is 33.9 Å². The summed E-state index contributed by atoms with van der Waals surface area (Å²) in [4.78, 5) is 11.9. The SMILES string of the molecule is CCCCCCCCCCCCCCCCSC[C@@H](COP(=O)([O-])OCC[N+](C)(C)C)OC. The molecule has 0 saturated carbocycles. The van der Waals surface area contributed by atoms with E-state index in [0.29, 0.717) is 11.0 Å². The van der Waals surface area contributed by atoms with Crippen LogP contribution in [0, 0.1) is 0 Å². The van der Waals surface area contributed by atoms with Crippen molar-refractivity contribution in [2.75, 3.05) is 59.5 Å². The van der Waals surface area contributed by atoms with Gasteiger partial charge in [-0.1, -0.05) is 90.4 Å². The first-order valence-corrected chi connectivity index (χ1v) is 15.8. The van der Waals surface area contributed by atoms with Gasteiger partial charge in [-0.15, -0.1) is 0 Å². The van der Waals surface area contributed by atoms with Gasteiger partial charge in [-0.2, -0.15) is 11.8 Å². The first-order chi connectivity index (χ1) is 15.7. The van der Waals surface area contributed by atoms with Crippen LogP contribution in [0.3, 0.4) is 0 Å². The molecule has 6 nitrogen and oxygen atoms in total. The van der Waals surface area contributed by atoms with Crippen molar-refractivity contribution in [1.82, 2.24) is 0 Å². The summed E-state index contributed by atoms with van der Waals surface area (Å²) in [7, 11) is 3.27. The average molecular weight is 512 g/mol. The summed E-state index contributed by atoms with van der Waals surface area (Å²) in [5, 5.41) is 0. The van der Waals surface area contributed by atoms with E-state index in [0.717, 1.165) is 11.5 Å². The number of quaternary nitrogens is 1. The van der Waals surface area contributed by atoms with Crippen LogP contribution in [-0.4, -0.2) is 70.1 Å². The fraction of sp³-hybridized carbons (Fsp3) is 1.00. The number of unbranched alkanes of at least 4 members (excludes halogenated alkanes) is 13. The molecule has 0 aliphatic heterocycles.